The monoisotopic (exact) mass is 265 g/mol. The first-order valence-corrected chi connectivity index (χ1v) is 6.46. The first kappa shape index (κ1) is 15.6. The summed E-state index contributed by atoms with van der Waals surface area (Å²) < 4.78 is 0. The van der Waals surface area contributed by atoms with Crippen molar-refractivity contribution in [2.24, 2.45) is 11.1 Å². The summed E-state index contributed by atoms with van der Waals surface area (Å²) in [5, 5.41) is 10.9. The van der Waals surface area contributed by atoms with Crippen molar-refractivity contribution >= 4 is 5.69 Å². The van der Waals surface area contributed by atoms with Gasteiger partial charge in [0, 0.05) is 24.7 Å². The second-order valence-electron chi connectivity index (χ2n) is 5.74. The third kappa shape index (κ3) is 4.96. The molecular weight excluding hydrogens is 242 g/mol. The molecule has 5 nitrogen and oxygen atoms in total. The molecule has 106 valence electrons. The van der Waals surface area contributed by atoms with Gasteiger partial charge in [0.25, 0.3) is 5.69 Å². The van der Waals surface area contributed by atoms with Crippen molar-refractivity contribution in [3.8, 4) is 0 Å². The van der Waals surface area contributed by atoms with Gasteiger partial charge in [-0.15, -0.1) is 0 Å². The van der Waals surface area contributed by atoms with E-state index in [4.69, 9.17) is 5.73 Å². The molecule has 5 heteroatoms. The molecular formula is C14H23N3O2. The molecule has 0 aliphatic rings. The van der Waals surface area contributed by atoms with Crippen LogP contribution in [0.15, 0.2) is 24.3 Å². The highest BCUT2D eigenvalue weighted by molar-refractivity contribution is 5.39. The van der Waals surface area contributed by atoms with Crippen molar-refractivity contribution in [1.29, 1.82) is 0 Å². The van der Waals surface area contributed by atoms with Gasteiger partial charge in [-0.05, 0) is 25.4 Å². The van der Waals surface area contributed by atoms with Gasteiger partial charge in [-0.25, -0.2) is 0 Å². The number of nitrogens with two attached hydrogens (primary N) is 1. The SMILES string of the molecule is CN(CCc1ccccc1[N+](=O)[O-])CC(C)(C)CN. The Kier molecular flexibility index (Phi) is 5.44. The van der Waals surface area contributed by atoms with Crippen molar-refractivity contribution in [3.63, 3.8) is 0 Å². The maximum Gasteiger partial charge on any atom is 0.272 e. The number of benzene rings is 1. The van der Waals surface area contributed by atoms with Gasteiger partial charge in [0.2, 0.25) is 0 Å². The van der Waals surface area contributed by atoms with Crippen LogP contribution in [0.5, 0.6) is 0 Å². The summed E-state index contributed by atoms with van der Waals surface area (Å²) >= 11 is 0. The van der Waals surface area contributed by atoms with E-state index in [1.54, 1.807) is 12.1 Å². The highest BCUT2D eigenvalue weighted by Crippen LogP contribution is 2.19. The molecule has 1 rings (SSSR count). The Morgan fingerprint density at radius 1 is 1.37 bits per heavy atom. The summed E-state index contributed by atoms with van der Waals surface area (Å²) in [6.07, 6.45) is 0.675. The fourth-order valence-electron chi connectivity index (χ4n) is 2.09. The third-order valence-electron chi connectivity index (χ3n) is 3.20. The standard InChI is InChI=1S/C14H23N3O2/c1-14(2,10-15)11-16(3)9-8-12-6-4-5-7-13(12)17(18)19/h4-7H,8-11,15H2,1-3H3. The van der Waals surface area contributed by atoms with Crippen LogP contribution in [0.2, 0.25) is 0 Å². The number of hydrogen-bond acceptors (Lipinski definition) is 4. The van der Waals surface area contributed by atoms with Crippen LogP contribution in [0.1, 0.15) is 19.4 Å². The summed E-state index contributed by atoms with van der Waals surface area (Å²) in [7, 11) is 2.02. The molecule has 0 amide bonds. The number of nitro benzene ring substituents is 1. The van der Waals surface area contributed by atoms with Gasteiger partial charge in [-0.3, -0.25) is 10.1 Å². The zero-order valence-corrected chi connectivity index (χ0v) is 11.9. The minimum absolute atomic E-state index is 0.0668. The topological polar surface area (TPSA) is 72.4 Å². The van der Waals surface area contributed by atoms with E-state index in [9.17, 15) is 10.1 Å². The average Bonchev–Trinajstić information content (AvgIpc) is 2.36. The molecule has 0 saturated carbocycles. The Hall–Kier alpha value is -1.46. The molecule has 0 heterocycles. The second-order valence-corrected chi connectivity index (χ2v) is 5.74. The minimum Gasteiger partial charge on any atom is -0.330 e. The smallest absolute Gasteiger partial charge is 0.272 e. The summed E-state index contributed by atoms with van der Waals surface area (Å²) in [4.78, 5) is 12.8. The predicted octanol–water partition coefficient (Wildman–Crippen LogP) is 2.05. The average molecular weight is 265 g/mol. The van der Waals surface area contributed by atoms with E-state index in [1.165, 1.54) is 0 Å². The zero-order chi connectivity index (χ0) is 14.5. The normalized spacial score (nSPS) is 11.8. The third-order valence-corrected chi connectivity index (χ3v) is 3.20. The minimum atomic E-state index is -0.320. The van der Waals surface area contributed by atoms with E-state index in [1.807, 2.05) is 19.2 Å². The van der Waals surface area contributed by atoms with E-state index in [0.29, 0.717) is 13.0 Å². The van der Waals surface area contributed by atoms with E-state index in [2.05, 4.69) is 18.7 Å². The lowest BCUT2D eigenvalue weighted by molar-refractivity contribution is -0.385. The molecule has 0 fully saturated rings. The highest BCUT2D eigenvalue weighted by Gasteiger charge is 2.19. The van der Waals surface area contributed by atoms with Crippen LogP contribution in [0, 0.1) is 15.5 Å². The molecule has 0 saturated heterocycles. The molecule has 0 spiro atoms. The molecule has 1 aromatic rings. The van der Waals surface area contributed by atoms with Gasteiger partial charge < -0.3 is 10.6 Å². The van der Waals surface area contributed by atoms with E-state index >= 15 is 0 Å². The Labute approximate surface area is 114 Å². The maximum atomic E-state index is 10.9. The van der Waals surface area contributed by atoms with Crippen LogP contribution in [0.4, 0.5) is 5.69 Å². The fraction of sp³-hybridized carbons (Fsp3) is 0.571. The van der Waals surface area contributed by atoms with Crippen molar-refractivity contribution in [1.82, 2.24) is 4.90 Å². The Morgan fingerprint density at radius 3 is 2.58 bits per heavy atom. The summed E-state index contributed by atoms with van der Waals surface area (Å²) in [6, 6.07) is 6.91. The van der Waals surface area contributed by atoms with Crippen LogP contribution in [0.3, 0.4) is 0 Å². The Morgan fingerprint density at radius 2 is 2.00 bits per heavy atom. The molecule has 1 aromatic carbocycles. The van der Waals surface area contributed by atoms with Crippen LogP contribution in [0.25, 0.3) is 0 Å². The number of likely N-dealkylation sites (N-methyl/N-ethyl adjacent to an activating group) is 1. The Balaban J connectivity index is 2.60. The number of hydrogen-bond donors (Lipinski definition) is 1. The highest BCUT2D eigenvalue weighted by atomic mass is 16.6. The van der Waals surface area contributed by atoms with Crippen LogP contribution in [-0.2, 0) is 6.42 Å². The molecule has 0 radical (unpaired) electrons. The van der Waals surface area contributed by atoms with Gasteiger partial charge >= 0.3 is 0 Å². The summed E-state index contributed by atoms with van der Waals surface area (Å²) in [5.41, 5.74) is 6.76. The lowest BCUT2D eigenvalue weighted by Crippen LogP contribution is -2.37. The van der Waals surface area contributed by atoms with Crippen LogP contribution in [-0.4, -0.2) is 36.5 Å². The van der Waals surface area contributed by atoms with Crippen molar-refractivity contribution in [3.05, 3.63) is 39.9 Å². The van der Waals surface area contributed by atoms with E-state index in [0.717, 1.165) is 18.7 Å². The van der Waals surface area contributed by atoms with E-state index in [-0.39, 0.29) is 16.0 Å². The zero-order valence-electron chi connectivity index (χ0n) is 11.9. The first-order valence-electron chi connectivity index (χ1n) is 6.46. The lowest BCUT2D eigenvalue weighted by atomic mass is 9.93. The Bertz CT molecular complexity index is 432. The number of nitrogens with zero attached hydrogens (tertiary/aromatic N) is 2. The molecule has 0 bridgehead atoms. The number of nitro groups is 1. The molecule has 0 unspecified atom stereocenters. The number of para-hydroxylation sites is 1. The summed E-state index contributed by atoms with van der Waals surface area (Å²) in [6.45, 7) is 6.53. The van der Waals surface area contributed by atoms with Gasteiger partial charge in [-0.2, -0.15) is 0 Å². The predicted molar refractivity (Wildman–Crippen MR) is 77.1 cm³/mol. The molecule has 0 aliphatic heterocycles. The van der Waals surface area contributed by atoms with Gasteiger partial charge in [0.05, 0.1) is 4.92 Å². The lowest BCUT2D eigenvalue weighted by Gasteiger charge is -2.28. The quantitative estimate of drug-likeness (QED) is 0.605. The van der Waals surface area contributed by atoms with Crippen molar-refractivity contribution < 1.29 is 4.92 Å². The largest absolute Gasteiger partial charge is 0.330 e. The molecule has 0 aliphatic carbocycles. The van der Waals surface area contributed by atoms with Gasteiger partial charge in [0.15, 0.2) is 0 Å². The van der Waals surface area contributed by atoms with Crippen molar-refractivity contribution in [2.45, 2.75) is 20.3 Å². The fourth-order valence-corrected chi connectivity index (χ4v) is 2.09. The molecule has 2 N–H and O–H groups in total. The molecule has 0 atom stereocenters. The molecule has 0 aromatic heterocycles. The van der Waals surface area contributed by atoms with Crippen LogP contribution >= 0.6 is 0 Å². The number of rotatable bonds is 7. The van der Waals surface area contributed by atoms with Gasteiger partial charge in [-0.1, -0.05) is 32.0 Å². The maximum absolute atomic E-state index is 10.9. The van der Waals surface area contributed by atoms with Crippen molar-refractivity contribution in [2.75, 3.05) is 26.7 Å². The first-order chi connectivity index (χ1) is 8.85. The van der Waals surface area contributed by atoms with E-state index < -0.39 is 0 Å². The molecule has 19 heavy (non-hydrogen) atoms. The van der Waals surface area contributed by atoms with Gasteiger partial charge in [0.1, 0.15) is 0 Å². The van der Waals surface area contributed by atoms with Crippen LogP contribution < -0.4 is 5.73 Å². The summed E-state index contributed by atoms with van der Waals surface area (Å²) in [5.74, 6) is 0. The second kappa shape index (κ2) is 6.63.